The van der Waals surface area contributed by atoms with E-state index in [9.17, 15) is 0 Å². The lowest BCUT2D eigenvalue weighted by Gasteiger charge is -2.34. The van der Waals surface area contributed by atoms with Crippen LogP contribution in [0.2, 0.25) is 0 Å². The van der Waals surface area contributed by atoms with Crippen LogP contribution in [0.3, 0.4) is 0 Å². The Bertz CT molecular complexity index is 68.9. The lowest BCUT2D eigenvalue weighted by molar-refractivity contribution is 0.269. The minimum atomic E-state index is 0.919. The molecule has 2 saturated heterocycles. The van der Waals surface area contributed by atoms with Crippen molar-refractivity contribution in [3.05, 3.63) is 0 Å². The first kappa shape index (κ1) is 4.80. The van der Waals surface area contributed by atoms with Gasteiger partial charge in [0.25, 0.3) is 0 Å². The van der Waals surface area contributed by atoms with Crippen LogP contribution in [-0.2, 0) is 0 Å². The number of nitrogens with one attached hydrogen (secondary N) is 1. The third-order valence-corrected chi connectivity index (χ3v) is 2.40. The zero-order valence-electron chi connectivity index (χ0n) is 5.19. The molecule has 1 saturated carbocycles. The van der Waals surface area contributed by atoms with E-state index in [1.54, 1.807) is 0 Å². The summed E-state index contributed by atoms with van der Waals surface area (Å²) in [5.41, 5.74) is 0. The van der Waals surface area contributed by atoms with E-state index in [-0.39, 0.29) is 0 Å². The Balaban J connectivity index is 1.95. The molecular weight excluding hydrogens is 98.1 g/mol. The van der Waals surface area contributed by atoms with Crippen LogP contribution in [0, 0.1) is 0 Å². The molecule has 1 N–H and O–H groups in total. The van der Waals surface area contributed by atoms with Crippen LogP contribution in [0.15, 0.2) is 0 Å². The van der Waals surface area contributed by atoms with Gasteiger partial charge in [-0.1, -0.05) is 12.8 Å². The quantitative estimate of drug-likeness (QED) is 0.496. The van der Waals surface area contributed by atoms with Crippen LogP contribution in [0.4, 0.5) is 0 Å². The summed E-state index contributed by atoms with van der Waals surface area (Å²) >= 11 is 0. The molecule has 1 heteroatoms. The predicted molar refractivity (Wildman–Crippen MR) is 33.8 cm³/mol. The van der Waals surface area contributed by atoms with Crippen molar-refractivity contribution in [1.29, 1.82) is 0 Å². The van der Waals surface area contributed by atoms with E-state index in [2.05, 4.69) is 5.32 Å². The summed E-state index contributed by atoms with van der Waals surface area (Å²) in [6, 6.07) is 1.84. The van der Waals surface area contributed by atoms with E-state index in [0.717, 1.165) is 12.1 Å². The second kappa shape index (κ2) is 1.73. The highest BCUT2D eigenvalue weighted by Crippen LogP contribution is 2.26. The average Bonchev–Trinajstić information content (AvgIpc) is 1.89. The molecule has 3 rings (SSSR count). The van der Waals surface area contributed by atoms with Crippen LogP contribution in [0.5, 0.6) is 0 Å². The zero-order valence-corrected chi connectivity index (χ0v) is 5.19. The van der Waals surface area contributed by atoms with Gasteiger partial charge in [0, 0.05) is 12.1 Å². The maximum Gasteiger partial charge on any atom is 0.00844 e. The molecule has 2 aliphatic heterocycles. The van der Waals surface area contributed by atoms with E-state index < -0.39 is 0 Å². The minimum Gasteiger partial charge on any atom is -0.311 e. The molecule has 0 aromatic carbocycles. The molecule has 8 heavy (non-hydrogen) atoms. The summed E-state index contributed by atoms with van der Waals surface area (Å²) in [6.07, 6.45) is 7.29. The molecule has 0 radical (unpaired) electrons. The third-order valence-electron chi connectivity index (χ3n) is 2.40. The second-order valence-corrected chi connectivity index (χ2v) is 3.08. The number of hydrogen-bond acceptors (Lipinski definition) is 1. The van der Waals surface area contributed by atoms with Crippen molar-refractivity contribution < 1.29 is 0 Å². The molecule has 0 unspecified atom stereocenters. The molecule has 1 nitrogen and oxygen atoms in total. The van der Waals surface area contributed by atoms with Crippen LogP contribution in [0.25, 0.3) is 0 Å². The molecule has 0 aromatic rings. The van der Waals surface area contributed by atoms with Gasteiger partial charge in [-0.2, -0.15) is 0 Å². The number of hydrogen-bond donors (Lipinski definition) is 1. The van der Waals surface area contributed by atoms with Gasteiger partial charge in [-0.3, -0.25) is 0 Å². The Morgan fingerprint density at radius 3 is 2.00 bits per heavy atom. The average molecular weight is 111 g/mol. The Labute approximate surface area is 50.5 Å². The zero-order chi connectivity index (χ0) is 5.40. The van der Waals surface area contributed by atoms with Crippen molar-refractivity contribution in [2.45, 2.75) is 44.2 Å². The fraction of sp³-hybridized carbons (Fsp3) is 1.00. The topological polar surface area (TPSA) is 12.0 Å². The molecule has 0 aromatic heterocycles. The van der Waals surface area contributed by atoms with Crippen LogP contribution in [0.1, 0.15) is 32.1 Å². The van der Waals surface area contributed by atoms with Crippen LogP contribution >= 0.6 is 0 Å². The molecule has 46 valence electrons. The summed E-state index contributed by atoms with van der Waals surface area (Å²) < 4.78 is 0. The van der Waals surface area contributed by atoms with Crippen molar-refractivity contribution in [3.8, 4) is 0 Å². The van der Waals surface area contributed by atoms with Crippen molar-refractivity contribution in [2.75, 3.05) is 0 Å². The van der Waals surface area contributed by atoms with Gasteiger partial charge in [0.2, 0.25) is 0 Å². The van der Waals surface area contributed by atoms with E-state index in [4.69, 9.17) is 0 Å². The fourth-order valence-electron chi connectivity index (χ4n) is 1.84. The Kier molecular flexibility index (Phi) is 1.04. The van der Waals surface area contributed by atoms with Gasteiger partial charge < -0.3 is 5.32 Å². The summed E-state index contributed by atoms with van der Waals surface area (Å²) in [4.78, 5) is 0. The highest BCUT2D eigenvalue weighted by Gasteiger charge is 2.29. The second-order valence-electron chi connectivity index (χ2n) is 3.08. The summed E-state index contributed by atoms with van der Waals surface area (Å²) in [5, 5.41) is 3.54. The minimum absolute atomic E-state index is 0.919. The van der Waals surface area contributed by atoms with E-state index in [1.807, 2.05) is 0 Å². The first-order chi connectivity index (χ1) is 3.95. The van der Waals surface area contributed by atoms with Crippen molar-refractivity contribution in [3.63, 3.8) is 0 Å². The van der Waals surface area contributed by atoms with Gasteiger partial charge in [0.15, 0.2) is 0 Å². The SMILES string of the molecule is C1CC[C@H]2C[C@@H](C1)N2. The van der Waals surface area contributed by atoms with Crippen molar-refractivity contribution >= 4 is 0 Å². The van der Waals surface area contributed by atoms with Gasteiger partial charge >= 0.3 is 0 Å². The van der Waals surface area contributed by atoms with E-state index >= 15 is 0 Å². The van der Waals surface area contributed by atoms with Gasteiger partial charge in [-0.15, -0.1) is 0 Å². The Hall–Kier alpha value is -0.0400. The Morgan fingerprint density at radius 2 is 1.50 bits per heavy atom. The highest BCUT2D eigenvalue weighted by atomic mass is 15.0. The first-order valence-electron chi connectivity index (χ1n) is 3.71. The van der Waals surface area contributed by atoms with Crippen LogP contribution < -0.4 is 5.32 Å². The highest BCUT2D eigenvalue weighted by molar-refractivity contribution is 4.90. The molecule has 2 heterocycles. The predicted octanol–water partition coefficient (Wildman–Crippen LogP) is 1.29. The third kappa shape index (κ3) is 0.655. The summed E-state index contributed by atoms with van der Waals surface area (Å²) in [5.74, 6) is 0. The fourth-order valence-corrected chi connectivity index (χ4v) is 1.84. The Morgan fingerprint density at radius 1 is 1.00 bits per heavy atom. The smallest absolute Gasteiger partial charge is 0.00844 e. The number of rotatable bonds is 0. The van der Waals surface area contributed by atoms with Crippen molar-refractivity contribution in [1.82, 2.24) is 5.32 Å². The molecular formula is C7H13N. The maximum absolute atomic E-state index is 3.54. The molecule has 3 fully saturated rings. The molecule has 3 aliphatic rings. The van der Waals surface area contributed by atoms with Gasteiger partial charge in [-0.05, 0) is 19.3 Å². The molecule has 0 amide bonds. The lowest BCUT2D eigenvalue weighted by atomic mass is 9.96. The first-order valence-corrected chi connectivity index (χ1v) is 3.71. The van der Waals surface area contributed by atoms with Gasteiger partial charge in [-0.25, -0.2) is 0 Å². The van der Waals surface area contributed by atoms with Gasteiger partial charge in [0.05, 0.1) is 0 Å². The molecule has 0 spiro atoms. The standard InChI is InChI=1S/C7H13N/c1-2-4-7-5-6(3-1)8-7/h6-8H,1-5H2/t6-,7+. The summed E-state index contributed by atoms with van der Waals surface area (Å²) in [6.45, 7) is 0. The van der Waals surface area contributed by atoms with E-state index in [0.29, 0.717) is 0 Å². The largest absolute Gasteiger partial charge is 0.311 e. The van der Waals surface area contributed by atoms with Crippen molar-refractivity contribution in [2.24, 2.45) is 0 Å². The maximum atomic E-state index is 3.54. The normalized spacial score (nSPS) is 45.0. The van der Waals surface area contributed by atoms with E-state index in [1.165, 1.54) is 32.1 Å². The van der Waals surface area contributed by atoms with Crippen LogP contribution in [-0.4, -0.2) is 12.1 Å². The molecule has 2 atom stereocenters. The monoisotopic (exact) mass is 111 g/mol. The molecule has 2 bridgehead atoms. The molecule has 1 aliphatic carbocycles. The summed E-state index contributed by atoms with van der Waals surface area (Å²) in [7, 11) is 0. The lowest BCUT2D eigenvalue weighted by Crippen LogP contribution is -2.50. The number of fused-ring (bicyclic) bond motifs is 3. The van der Waals surface area contributed by atoms with Gasteiger partial charge in [0.1, 0.15) is 0 Å².